The summed E-state index contributed by atoms with van der Waals surface area (Å²) in [4.78, 5) is 16.9. The van der Waals surface area contributed by atoms with Gasteiger partial charge in [0, 0.05) is 32.5 Å². The van der Waals surface area contributed by atoms with Crippen LogP contribution in [0.3, 0.4) is 0 Å². The highest BCUT2D eigenvalue weighted by Crippen LogP contribution is 2.23. The van der Waals surface area contributed by atoms with E-state index in [2.05, 4.69) is 10.3 Å². The molecule has 3 rings (SSSR count). The average molecular weight is 343 g/mol. The van der Waals surface area contributed by atoms with E-state index < -0.39 is 0 Å². The zero-order chi connectivity index (χ0) is 17.6. The molecule has 1 aromatic heterocycles. The second-order valence-corrected chi connectivity index (χ2v) is 6.34. The molecule has 2 atom stereocenters. The molecule has 6 heteroatoms. The second kappa shape index (κ2) is 8.16. The molecule has 2 aromatic rings. The van der Waals surface area contributed by atoms with Crippen LogP contribution in [0, 0.1) is 0 Å². The molecule has 1 fully saturated rings. The van der Waals surface area contributed by atoms with Gasteiger partial charge in [0.15, 0.2) is 0 Å². The predicted molar refractivity (Wildman–Crippen MR) is 94.4 cm³/mol. The van der Waals surface area contributed by atoms with Crippen molar-refractivity contribution >= 4 is 5.91 Å². The van der Waals surface area contributed by atoms with Crippen LogP contribution < -0.4 is 10.1 Å². The molecule has 134 valence electrons. The molecule has 0 saturated carbocycles. The zero-order valence-corrected chi connectivity index (χ0v) is 14.8. The SMILES string of the molecule is COc1ccc([C@H](NC(=O)CC[C@@H]2CCCO2)c2nccn2C)cc1. The Morgan fingerprint density at radius 2 is 2.24 bits per heavy atom. The molecule has 0 radical (unpaired) electrons. The lowest BCUT2D eigenvalue weighted by Crippen LogP contribution is -2.31. The third-order valence-electron chi connectivity index (χ3n) is 4.59. The van der Waals surface area contributed by atoms with E-state index in [0.717, 1.165) is 43.0 Å². The first-order valence-electron chi connectivity index (χ1n) is 8.69. The maximum absolute atomic E-state index is 12.5. The molecule has 0 unspecified atom stereocenters. The first-order chi connectivity index (χ1) is 12.2. The van der Waals surface area contributed by atoms with E-state index in [1.54, 1.807) is 13.3 Å². The molecular weight excluding hydrogens is 318 g/mol. The lowest BCUT2D eigenvalue weighted by atomic mass is 10.0. The highest BCUT2D eigenvalue weighted by atomic mass is 16.5. The van der Waals surface area contributed by atoms with Crippen molar-refractivity contribution in [3.8, 4) is 5.75 Å². The summed E-state index contributed by atoms with van der Waals surface area (Å²) in [6.45, 7) is 0.814. The van der Waals surface area contributed by atoms with E-state index in [4.69, 9.17) is 9.47 Å². The zero-order valence-electron chi connectivity index (χ0n) is 14.8. The van der Waals surface area contributed by atoms with E-state index >= 15 is 0 Å². The van der Waals surface area contributed by atoms with Crippen molar-refractivity contribution in [1.29, 1.82) is 0 Å². The topological polar surface area (TPSA) is 65.4 Å². The first kappa shape index (κ1) is 17.5. The number of ether oxygens (including phenoxy) is 2. The Balaban J connectivity index is 1.71. The fourth-order valence-electron chi connectivity index (χ4n) is 3.15. The van der Waals surface area contributed by atoms with E-state index in [1.807, 2.05) is 42.1 Å². The summed E-state index contributed by atoms with van der Waals surface area (Å²) in [5.41, 5.74) is 0.973. The number of hydrogen-bond acceptors (Lipinski definition) is 4. The van der Waals surface area contributed by atoms with Gasteiger partial charge in [0.25, 0.3) is 0 Å². The summed E-state index contributed by atoms with van der Waals surface area (Å²) in [5.74, 6) is 1.60. The van der Waals surface area contributed by atoms with Crippen molar-refractivity contribution in [2.24, 2.45) is 7.05 Å². The summed E-state index contributed by atoms with van der Waals surface area (Å²) in [6, 6.07) is 7.41. The standard InChI is InChI=1S/C19H25N3O3/c1-22-12-11-20-19(22)18(14-5-7-15(24-2)8-6-14)21-17(23)10-9-16-4-3-13-25-16/h5-8,11-12,16,18H,3-4,9-10,13H2,1-2H3,(H,21,23)/t16-,18-/m0/s1. The molecule has 2 heterocycles. The molecule has 1 N–H and O–H groups in total. The summed E-state index contributed by atoms with van der Waals surface area (Å²) < 4.78 is 12.7. The number of aromatic nitrogens is 2. The summed E-state index contributed by atoms with van der Waals surface area (Å²) in [6.07, 6.45) is 7.21. The number of imidazole rings is 1. The summed E-state index contributed by atoms with van der Waals surface area (Å²) >= 11 is 0. The third-order valence-corrected chi connectivity index (χ3v) is 4.59. The number of hydrogen-bond donors (Lipinski definition) is 1. The Morgan fingerprint density at radius 3 is 2.84 bits per heavy atom. The summed E-state index contributed by atoms with van der Waals surface area (Å²) in [7, 11) is 3.56. The predicted octanol–water partition coefficient (Wildman–Crippen LogP) is 2.59. The fourth-order valence-corrected chi connectivity index (χ4v) is 3.15. The largest absolute Gasteiger partial charge is 0.497 e. The molecule has 1 aliphatic rings. The van der Waals surface area contributed by atoms with Crippen LogP contribution in [-0.2, 0) is 16.6 Å². The van der Waals surface area contributed by atoms with Crippen LogP contribution in [0.25, 0.3) is 0 Å². The molecule has 1 amide bonds. The molecule has 0 bridgehead atoms. The number of carbonyl (C=O) groups is 1. The van der Waals surface area contributed by atoms with Gasteiger partial charge in [-0.05, 0) is 37.0 Å². The molecule has 1 aliphatic heterocycles. The number of aryl methyl sites for hydroxylation is 1. The van der Waals surface area contributed by atoms with Crippen molar-refractivity contribution < 1.29 is 14.3 Å². The molecule has 6 nitrogen and oxygen atoms in total. The Morgan fingerprint density at radius 1 is 1.44 bits per heavy atom. The van der Waals surface area contributed by atoms with Crippen molar-refractivity contribution in [2.45, 2.75) is 37.8 Å². The molecule has 0 spiro atoms. The maximum atomic E-state index is 12.5. The third kappa shape index (κ3) is 4.39. The van der Waals surface area contributed by atoms with E-state index in [-0.39, 0.29) is 18.1 Å². The van der Waals surface area contributed by atoms with Crippen LogP contribution in [0.1, 0.15) is 43.1 Å². The lowest BCUT2D eigenvalue weighted by molar-refractivity contribution is -0.122. The van der Waals surface area contributed by atoms with Gasteiger partial charge in [-0.1, -0.05) is 12.1 Å². The molecule has 0 aliphatic carbocycles. The van der Waals surface area contributed by atoms with E-state index in [9.17, 15) is 4.79 Å². The number of nitrogens with zero attached hydrogens (tertiary/aromatic N) is 2. The molecule has 25 heavy (non-hydrogen) atoms. The second-order valence-electron chi connectivity index (χ2n) is 6.34. The molecule has 1 aromatic carbocycles. The lowest BCUT2D eigenvalue weighted by Gasteiger charge is -2.20. The number of benzene rings is 1. The van der Waals surface area contributed by atoms with Gasteiger partial charge in [0.1, 0.15) is 17.6 Å². The first-order valence-corrected chi connectivity index (χ1v) is 8.69. The van der Waals surface area contributed by atoms with Gasteiger partial charge < -0.3 is 19.4 Å². The number of methoxy groups -OCH3 is 1. The van der Waals surface area contributed by atoms with Gasteiger partial charge in [-0.2, -0.15) is 0 Å². The molecule has 1 saturated heterocycles. The van der Waals surface area contributed by atoms with Crippen molar-refractivity contribution in [3.05, 3.63) is 48.0 Å². The monoisotopic (exact) mass is 343 g/mol. The normalized spacial score (nSPS) is 18.1. The van der Waals surface area contributed by atoms with Gasteiger partial charge >= 0.3 is 0 Å². The number of amides is 1. The van der Waals surface area contributed by atoms with Gasteiger partial charge in [0.05, 0.1) is 13.2 Å². The van der Waals surface area contributed by atoms with Gasteiger partial charge in [-0.3, -0.25) is 4.79 Å². The molecular formula is C19H25N3O3. The van der Waals surface area contributed by atoms with Crippen molar-refractivity contribution in [2.75, 3.05) is 13.7 Å². The van der Waals surface area contributed by atoms with E-state index in [0.29, 0.717) is 6.42 Å². The summed E-state index contributed by atoms with van der Waals surface area (Å²) in [5, 5.41) is 3.12. The van der Waals surface area contributed by atoms with Crippen LogP contribution in [0.15, 0.2) is 36.7 Å². The number of nitrogens with one attached hydrogen (secondary N) is 1. The fraction of sp³-hybridized carbons (Fsp3) is 0.474. The highest BCUT2D eigenvalue weighted by Gasteiger charge is 2.22. The number of carbonyl (C=O) groups excluding carboxylic acids is 1. The Hall–Kier alpha value is -2.34. The smallest absolute Gasteiger partial charge is 0.220 e. The van der Waals surface area contributed by atoms with Gasteiger partial charge in [-0.15, -0.1) is 0 Å². The minimum absolute atomic E-state index is 0.0133. The number of rotatable bonds is 7. The Bertz CT molecular complexity index is 690. The Labute approximate surface area is 148 Å². The minimum atomic E-state index is -0.289. The van der Waals surface area contributed by atoms with Crippen molar-refractivity contribution in [3.63, 3.8) is 0 Å². The average Bonchev–Trinajstić information content (AvgIpc) is 3.30. The minimum Gasteiger partial charge on any atom is -0.497 e. The van der Waals surface area contributed by atoms with Gasteiger partial charge in [0.2, 0.25) is 5.91 Å². The van der Waals surface area contributed by atoms with Crippen molar-refractivity contribution in [1.82, 2.24) is 14.9 Å². The quantitative estimate of drug-likeness (QED) is 0.839. The Kier molecular flexibility index (Phi) is 5.71. The van der Waals surface area contributed by atoms with Crippen LogP contribution >= 0.6 is 0 Å². The van der Waals surface area contributed by atoms with Crippen LogP contribution in [0.2, 0.25) is 0 Å². The van der Waals surface area contributed by atoms with Crippen LogP contribution in [-0.4, -0.2) is 35.3 Å². The van der Waals surface area contributed by atoms with Crippen LogP contribution in [0.5, 0.6) is 5.75 Å². The maximum Gasteiger partial charge on any atom is 0.220 e. The highest BCUT2D eigenvalue weighted by molar-refractivity contribution is 5.76. The van der Waals surface area contributed by atoms with E-state index in [1.165, 1.54) is 0 Å². The van der Waals surface area contributed by atoms with Crippen LogP contribution in [0.4, 0.5) is 0 Å². The van der Waals surface area contributed by atoms with Gasteiger partial charge in [-0.25, -0.2) is 4.98 Å².